The molecule has 1 N–H and O–H groups in total. The Hall–Kier alpha value is -0.410. The Kier molecular flexibility index (Phi) is 30.8. The molecule has 0 saturated carbocycles. The molecule has 0 spiro atoms. The summed E-state index contributed by atoms with van der Waals surface area (Å²) < 4.78 is 5.93. The van der Waals surface area contributed by atoms with Gasteiger partial charge in [0.05, 0.1) is 6.61 Å². The van der Waals surface area contributed by atoms with E-state index in [4.69, 9.17) is 4.74 Å². The van der Waals surface area contributed by atoms with E-state index < -0.39 is 5.60 Å². The van der Waals surface area contributed by atoms with E-state index in [1.807, 2.05) is 0 Å². The summed E-state index contributed by atoms with van der Waals surface area (Å²) in [6.07, 6.45) is 38.8. The van der Waals surface area contributed by atoms with E-state index in [1.54, 1.807) is 0 Å². The van der Waals surface area contributed by atoms with Crippen LogP contribution in [-0.4, -0.2) is 30.2 Å². The summed E-state index contributed by atoms with van der Waals surface area (Å²) in [6.45, 7) is 4.97. The molecule has 0 heterocycles. The third-order valence-corrected chi connectivity index (χ3v) is 8.32. The van der Waals surface area contributed by atoms with Crippen LogP contribution in [0.25, 0.3) is 0 Å². The summed E-state index contributed by atoms with van der Waals surface area (Å²) in [4.78, 5) is 11.7. The van der Waals surface area contributed by atoms with Crippen molar-refractivity contribution in [2.24, 2.45) is 0 Å². The molecular formula is C35H70O3. The second kappa shape index (κ2) is 31.1. The van der Waals surface area contributed by atoms with Crippen LogP contribution in [0.5, 0.6) is 0 Å². The number of aliphatic hydroxyl groups excluding tert-OH is 1. The van der Waals surface area contributed by atoms with Crippen molar-refractivity contribution in [3.8, 4) is 0 Å². The molecule has 0 rings (SSSR count). The number of aliphatic hydroxyl groups is 1. The molecule has 3 nitrogen and oxygen atoms in total. The minimum absolute atomic E-state index is 0.187. The van der Waals surface area contributed by atoms with Gasteiger partial charge in [0.15, 0.2) is 6.29 Å². The monoisotopic (exact) mass is 539 g/mol. The maximum atomic E-state index is 11.7. The number of carbonyl (C=O) groups excluding carboxylic acids is 1. The minimum Gasteiger partial charge on any atom is -0.393 e. The van der Waals surface area contributed by atoms with Crippen LogP contribution in [0.3, 0.4) is 0 Å². The zero-order valence-corrected chi connectivity index (χ0v) is 26.3. The Bertz CT molecular complexity index is 452. The minimum atomic E-state index is -0.965. The highest BCUT2D eigenvalue weighted by molar-refractivity contribution is 5.62. The Balaban J connectivity index is 3.54. The molecule has 38 heavy (non-hydrogen) atoms. The molecule has 0 radical (unpaired) electrons. The molecule has 0 aliphatic carbocycles. The fraction of sp³-hybridized carbons (Fsp3) is 0.971. The van der Waals surface area contributed by atoms with Gasteiger partial charge in [-0.05, 0) is 12.8 Å². The van der Waals surface area contributed by atoms with E-state index in [1.165, 1.54) is 154 Å². The molecule has 1 unspecified atom stereocenters. The van der Waals surface area contributed by atoms with E-state index in [-0.39, 0.29) is 6.61 Å². The molecule has 0 fully saturated rings. The van der Waals surface area contributed by atoms with Crippen LogP contribution in [0.4, 0.5) is 0 Å². The average Bonchev–Trinajstić information content (AvgIpc) is 2.94. The lowest BCUT2D eigenvalue weighted by atomic mass is 9.97. The van der Waals surface area contributed by atoms with Gasteiger partial charge in [0.1, 0.15) is 5.60 Å². The molecule has 0 aromatic heterocycles. The van der Waals surface area contributed by atoms with Gasteiger partial charge < -0.3 is 14.6 Å². The number of hydrogen-bond acceptors (Lipinski definition) is 3. The third-order valence-electron chi connectivity index (χ3n) is 8.32. The Labute approximate surface area is 239 Å². The van der Waals surface area contributed by atoms with Crippen molar-refractivity contribution < 1.29 is 14.6 Å². The largest absolute Gasteiger partial charge is 0.393 e. The highest BCUT2D eigenvalue weighted by Crippen LogP contribution is 2.20. The van der Waals surface area contributed by atoms with Crippen LogP contribution in [0.2, 0.25) is 0 Å². The van der Waals surface area contributed by atoms with Crippen LogP contribution in [-0.2, 0) is 9.53 Å². The third kappa shape index (κ3) is 25.8. The molecule has 0 aromatic rings. The molecule has 0 aliphatic heterocycles. The fourth-order valence-electron chi connectivity index (χ4n) is 5.52. The van der Waals surface area contributed by atoms with Gasteiger partial charge in [-0.3, -0.25) is 0 Å². The molecule has 0 bridgehead atoms. The number of carbonyl (C=O) groups is 1. The normalized spacial score (nSPS) is 13.1. The first-order valence-electron chi connectivity index (χ1n) is 17.5. The lowest BCUT2D eigenvalue weighted by Gasteiger charge is -2.26. The first kappa shape index (κ1) is 37.6. The second-order valence-electron chi connectivity index (χ2n) is 12.1. The quantitative estimate of drug-likeness (QED) is 0.0667. The van der Waals surface area contributed by atoms with E-state index in [0.717, 1.165) is 32.0 Å². The van der Waals surface area contributed by atoms with Gasteiger partial charge in [-0.15, -0.1) is 0 Å². The molecule has 0 saturated heterocycles. The highest BCUT2D eigenvalue weighted by atomic mass is 16.5. The van der Waals surface area contributed by atoms with Gasteiger partial charge in [-0.25, -0.2) is 0 Å². The van der Waals surface area contributed by atoms with E-state index >= 15 is 0 Å². The summed E-state index contributed by atoms with van der Waals surface area (Å²) >= 11 is 0. The summed E-state index contributed by atoms with van der Waals surface area (Å²) in [5.74, 6) is 0. The average molecular weight is 539 g/mol. The standard InChI is InChI=1S/C35H70O3/c1-3-5-7-9-11-13-15-17-19-21-23-25-27-29-31-35(33-36,34-37)38-32-30-28-26-24-22-20-18-16-14-12-10-8-6-4-2/h33,37H,3-32,34H2,1-2H3. The number of hydrogen-bond donors (Lipinski definition) is 1. The van der Waals surface area contributed by atoms with E-state index in [0.29, 0.717) is 13.0 Å². The van der Waals surface area contributed by atoms with Gasteiger partial charge >= 0.3 is 0 Å². The van der Waals surface area contributed by atoms with Crippen molar-refractivity contribution in [2.75, 3.05) is 13.2 Å². The lowest BCUT2D eigenvalue weighted by molar-refractivity contribution is -0.139. The molecular weight excluding hydrogens is 468 g/mol. The summed E-state index contributed by atoms with van der Waals surface area (Å²) in [5.41, 5.74) is -0.965. The van der Waals surface area contributed by atoms with Crippen LogP contribution >= 0.6 is 0 Å². The predicted molar refractivity (Wildman–Crippen MR) is 167 cm³/mol. The van der Waals surface area contributed by atoms with Crippen molar-refractivity contribution in [1.29, 1.82) is 0 Å². The Morgan fingerprint density at radius 2 is 0.763 bits per heavy atom. The zero-order chi connectivity index (χ0) is 27.8. The van der Waals surface area contributed by atoms with Crippen molar-refractivity contribution >= 4 is 6.29 Å². The van der Waals surface area contributed by atoms with Gasteiger partial charge in [-0.2, -0.15) is 0 Å². The van der Waals surface area contributed by atoms with Crippen molar-refractivity contribution in [2.45, 2.75) is 206 Å². The van der Waals surface area contributed by atoms with Gasteiger partial charge in [-0.1, -0.05) is 187 Å². The SMILES string of the molecule is CCCCCCCCCCCCCCCCOC(C=O)(CO)CCCCCCCCCCCCCCCC. The highest BCUT2D eigenvalue weighted by Gasteiger charge is 2.29. The van der Waals surface area contributed by atoms with Crippen LogP contribution in [0.1, 0.15) is 200 Å². The molecule has 0 amide bonds. The topological polar surface area (TPSA) is 46.5 Å². The number of rotatable bonds is 33. The summed E-state index contributed by atoms with van der Waals surface area (Å²) in [6, 6.07) is 0. The van der Waals surface area contributed by atoms with Gasteiger partial charge in [0, 0.05) is 6.61 Å². The number of ether oxygens (including phenoxy) is 1. The smallest absolute Gasteiger partial charge is 0.154 e. The first-order valence-corrected chi connectivity index (χ1v) is 17.5. The van der Waals surface area contributed by atoms with Gasteiger partial charge in [0.2, 0.25) is 0 Å². The Morgan fingerprint density at radius 3 is 1.05 bits per heavy atom. The van der Waals surface area contributed by atoms with Gasteiger partial charge in [0.25, 0.3) is 0 Å². The van der Waals surface area contributed by atoms with Crippen molar-refractivity contribution in [3.05, 3.63) is 0 Å². The molecule has 1 atom stereocenters. The number of aldehydes is 1. The fourth-order valence-corrected chi connectivity index (χ4v) is 5.52. The second-order valence-corrected chi connectivity index (χ2v) is 12.1. The van der Waals surface area contributed by atoms with Crippen molar-refractivity contribution in [3.63, 3.8) is 0 Å². The van der Waals surface area contributed by atoms with Crippen LogP contribution < -0.4 is 0 Å². The summed E-state index contributed by atoms with van der Waals surface area (Å²) in [7, 11) is 0. The lowest BCUT2D eigenvalue weighted by Crippen LogP contribution is -2.39. The van der Waals surface area contributed by atoms with Crippen molar-refractivity contribution in [1.82, 2.24) is 0 Å². The maximum absolute atomic E-state index is 11.7. The van der Waals surface area contributed by atoms with E-state index in [9.17, 15) is 9.90 Å². The predicted octanol–water partition coefficient (Wildman–Crippen LogP) is 11.3. The summed E-state index contributed by atoms with van der Waals surface area (Å²) in [5, 5.41) is 9.84. The molecule has 0 aromatic carbocycles. The molecule has 228 valence electrons. The molecule has 0 aliphatic rings. The van der Waals surface area contributed by atoms with Crippen LogP contribution in [0, 0.1) is 0 Å². The molecule has 3 heteroatoms. The zero-order valence-electron chi connectivity index (χ0n) is 26.3. The van der Waals surface area contributed by atoms with Crippen LogP contribution in [0.15, 0.2) is 0 Å². The maximum Gasteiger partial charge on any atom is 0.154 e. The number of unbranched alkanes of at least 4 members (excludes halogenated alkanes) is 26. The first-order chi connectivity index (χ1) is 18.7. The Morgan fingerprint density at radius 1 is 0.474 bits per heavy atom. The van der Waals surface area contributed by atoms with E-state index in [2.05, 4.69) is 13.8 Å².